The zero-order valence-electron chi connectivity index (χ0n) is 21.3. The second-order valence-electron chi connectivity index (χ2n) is 9.61. The first kappa shape index (κ1) is 26.5. The highest BCUT2D eigenvalue weighted by atomic mass is 35.5. The smallest absolute Gasteiger partial charge is 0.255 e. The van der Waals surface area contributed by atoms with Crippen molar-refractivity contribution in [2.75, 3.05) is 26.2 Å². The van der Waals surface area contributed by atoms with Gasteiger partial charge in [-0.3, -0.25) is 14.4 Å². The van der Waals surface area contributed by atoms with E-state index in [1.165, 1.54) is 0 Å². The minimum Gasteiger partial charge on any atom is -0.491 e. The molecule has 0 spiro atoms. The maximum Gasteiger partial charge on any atom is 0.255 e. The SMILES string of the molecule is Cc1nc2ccc(C(=O)N3CCCCNC(=O)c4cc(Cl)ccc4OC[C@H](C(C)C)NC(=O)C3)cc2[nH]1. The molecule has 3 N–H and O–H groups in total. The van der Waals surface area contributed by atoms with Crippen molar-refractivity contribution in [3.8, 4) is 5.75 Å². The van der Waals surface area contributed by atoms with Gasteiger partial charge in [-0.2, -0.15) is 0 Å². The van der Waals surface area contributed by atoms with Crippen LogP contribution in [0.5, 0.6) is 5.75 Å². The highest BCUT2D eigenvalue weighted by molar-refractivity contribution is 6.31. The molecule has 0 bridgehead atoms. The Morgan fingerprint density at radius 2 is 1.97 bits per heavy atom. The third-order valence-corrected chi connectivity index (χ3v) is 6.60. The Morgan fingerprint density at radius 1 is 1.16 bits per heavy atom. The number of hydrogen-bond acceptors (Lipinski definition) is 5. The van der Waals surface area contributed by atoms with Gasteiger partial charge >= 0.3 is 0 Å². The first-order valence-electron chi connectivity index (χ1n) is 12.5. The van der Waals surface area contributed by atoms with E-state index in [1.54, 1.807) is 41.3 Å². The molecular weight excluding hydrogens is 494 g/mol. The van der Waals surface area contributed by atoms with E-state index in [0.717, 1.165) is 16.9 Å². The molecule has 2 aromatic carbocycles. The van der Waals surface area contributed by atoms with E-state index in [2.05, 4.69) is 20.6 Å². The van der Waals surface area contributed by atoms with Gasteiger partial charge in [0.2, 0.25) is 5.91 Å². The van der Waals surface area contributed by atoms with Crippen LogP contribution in [0.4, 0.5) is 0 Å². The Morgan fingerprint density at radius 3 is 2.76 bits per heavy atom. The summed E-state index contributed by atoms with van der Waals surface area (Å²) in [5.74, 6) is 0.430. The van der Waals surface area contributed by atoms with Crippen LogP contribution in [-0.2, 0) is 4.79 Å². The lowest BCUT2D eigenvalue weighted by Crippen LogP contribution is -2.48. The average molecular weight is 526 g/mol. The lowest BCUT2D eigenvalue weighted by Gasteiger charge is -2.26. The van der Waals surface area contributed by atoms with Crippen LogP contribution in [0.15, 0.2) is 36.4 Å². The first-order chi connectivity index (χ1) is 17.7. The minimum atomic E-state index is -0.328. The Hall–Kier alpha value is -3.59. The van der Waals surface area contributed by atoms with Crippen LogP contribution in [0.1, 0.15) is 53.2 Å². The third-order valence-electron chi connectivity index (χ3n) is 6.37. The number of aromatic nitrogens is 2. The fourth-order valence-electron chi connectivity index (χ4n) is 4.24. The minimum absolute atomic E-state index is 0.0550. The maximum atomic E-state index is 13.4. The van der Waals surface area contributed by atoms with E-state index in [4.69, 9.17) is 16.3 Å². The summed E-state index contributed by atoms with van der Waals surface area (Å²) in [5, 5.41) is 6.34. The predicted octanol–water partition coefficient (Wildman–Crippen LogP) is 3.71. The van der Waals surface area contributed by atoms with Crippen LogP contribution in [0.25, 0.3) is 11.0 Å². The monoisotopic (exact) mass is 525 g/mol. The van der Waals surface area contributed by atoms with Crippen LogP contribution in [-0.4, -0.2) is 64.9 Å². The summed E-state index contributed by atoms with van der Waals surface area (Å²) in [7, 11) is 0. The number of amides is 3. The van der Waals surface area contributed by atoms with Crippen LogP contribution >= 0.6 is 11.6 Å². The van der Waals surface area contributed by atoms with Crippen LogP contribution in [0.2, 0.25) is 5.02 Å². The predicted molar refractivity (Wildman–Crippen MR) is 142 cm³/mol. The van der Waals surface area contributed by atoms with Crippen molar-refractivity contribution < 1.29 is 19.1 Å². The van der Waals surface area contributed by atoms with Crippen molar-refractivity contribution in [1.29, 1.82) is 0 Å². The lowest BCUT2D eigenvalue weighted by molar-refractivity contribution is -0.123. The molecule has 0 aliphatic carbocycles. The van der Waals surface area contributed by atoms with E-state index in [9.17, 15) is 14.4 Å². The van der Waals surface area contributed by atoms with Gasteiger partial charge in [-0.1, -0.05) is 25.4 Å². The van der Waals surface area contributed by atoms with Crippen molar-refractivity contribution in [2.45, 2.75) is 39.7 Å². The number of carbonyl (C=O) groups excluding carboxylic acids is 3. The summed E-state index contributed by atoms with van der Waals surface area (Å²) < 4.78 is 5.97. The second-order valence-corrected chi connectivity index (χ2v) is 10.0. The molecule has 0 fully saturated rings. The van der Waals surface area contributed by atoms with Gasteiger partial charge in [-0.05, 0) is 62.1 Å². The van der Waals surface area contributed by atoms with Gasteiger partial charge in [0.25, 0.3) is 11.8 Å². The van der Waals surface area contributed by atoms with Gasteiger partial charge in [0.1, 0.15) is 18.2 Å². The summed E-state index contributed by atoms with van der Waals surface area (Å²) in [4.78, 5) is 48.4. The largest absolute Gasteiger partial charge is 0.491 e. The standard InChI is InChI=1S/C27H32ClN5O4/c1-16(2)23-15-37-24-9-7-19(28)13-20(24)26(35)29-10-4-5-11-33(14-25(34)32-23)27(36)18-6-8-21-22(12-18)31-17(3)30-21/h6-9,12-13,16,23H,4-5,10-11,14-15H2,1-3H3,(H,29,35)(H,30,31)(H,32,34)/t23-/m1/s1. The molecule has 1 aromatic heterocycles. The number of benzene rings is 2. The molecule has 0 radical (unpaired) electrons. The maximum absolute atomic E-state index is 13.4. The molecule has 9 nitrogen and oxygen atoms in total. The summed E-state index contributed by atoms with van der Waals surface area (Å²) in [6.07, 6.45) is 1.23. The van der Waals surface area contributed by atoms with Crippen LogP contribution in [0.3, 0.4) is 0 Å². The summed E-state index contributed by atoms with van der Waals surface area (Å²) in [5.41, 5.74) is 2.37. The van der Waals surface area contributed by atoms with Gasteiger partial charge < -0.3 is 25.3 Å². The number of nitrogens with one attached hydrogen (secondary N) is 3. The van der Waals surface area contributed by atoms with E-state index in [-0.39, 0.29) is 42.8 Å². The zero-order valence-corrected chi connectivity index (χ0v) is 22.0. The van der Waals surface area contributed by atoms with Crippen molar-refractivity contribution in [1.82, 2.24) is 25.5 Å². The zero-order chi connectivity index (χ0) is 26.5. The Bertz CT molecular complexity index is 1310. The summed E-state index contributed by atoms with van der Waals surface area (Å²) >= 11 is 6.13. The normalized spacial score (nSPS) is 17.9. The number of aromatic amines is 1. The second kappa shape index (κ2) is 11.6. The molecule has 4 rings (SSSR count). The number of imidazole rings is 1. The van der Waals surface area contributed by atoms with E-state index < -0.39 is 0 Å². The highest BCUT2D eigenvalue weighted by Crippen LogP contribution is 2.24. The Balaban J connectivity index is 1.56. The first-order valence-corrected chi connectivity index (χ1v) is 12.8. The molecule has 2 heterocycles. The van der Waals surface area contributed by atoms with E-state index in [1.807, 2.05) is 20.8 Å². The number of ether oxygens (including phenoxy) is 1. The molecule has 3 aromatic rings. The number of rotatable bonds is 2. The Kier molecular flexibility index (Phi) is 8.33. The van der Waals surface area contributed by atoms with Crippen molar-refractivity contribution in [3.05, 3.63) is 58.4 Å². The Labute approximate surface area is 220 Å². The number of hydrogen-bond donors (Lipinski definition) is 3. The lowest BCUT2D eigenvalue weighted by atomic mass is 10.1. The van der Waals surface area contributed by atoms with Gasteiger partial charge in [-0.25, -0.2) is 4.98 Å². The number of H-pyrrole nitrogens is 1. The summed E-state index contributed by atoms with van der Waals surface area (Å²) in [6, 6.07) is 9.86. The van der Waals surface area contributed by atoms with E-state index in [0.29, 0.717) is 47.8 Å². The molecular formula is C27H32ClN5O4. The third kappa shape index (κ3) is 6.60. The van der Waals surface area contributed by atoms with Gasteiger partial charge in [0.15, 0.2) is 0 Å². The van der Waals surface area contributed by atoms with Crippen LogP contribution < -0.4 is 15.4 Å². The molecule has 196 valence electrons. The van der Waals surface area contributed by atoms with Gasteiger partial charge in [0, 0.05) is 23.7 Å². The number of nitrogens with zero attached hydrogens (tertiary/aromatic N) is 2. The molecule has 0 saturated carbocycles. The number of carbonyl (C=O) groups is 3. The van der Waals surface area contributed by atoms with Crippen LogP contribution in [0, 0.1) is 12.8 Å². The topological polar surface area (TPSA) is 116 Å². The van der Waals surface area contributed by atoms with Gasteiger partial charge in [-0.15, -0.1) is 0 Å². The van der Waals surface area contributed by atoms with Crippen molar-refractivity contribution in [3.63, 3.8) is 0 Å². The fraction of sp³-hybridized carbons (Fsp3) is 0.407. The number of aryl methyl sites for hydroxylation is 1. The number of halogens is 1. The van der Waals surface area contributed by atoms with Crippen molar-refractivity contribution >= 4 is 40.4 Å². The molecule has 10 heteroatoms. The summed E-state index contributed by atoms with van der Waals surface area (Å²) in [6.45, 7) is 6.66. The molecule has 3 amide bonds. The average Bonchev–Trinajstić information content (AvgIpc) is 3.24. The quantitative estimate of drug-likeness (QED) is 0.471. The van der Waals surface area contributed by atoms with Crippen molar-refractivity contribution in [2.24, 2.45) is 5.92 Å². The molecule has 1 aliphatic heterocycles. The fourth-order valence-corrected chi connectivity index (χ4v) is 4.41. The van der Waals surface area contributed by atoms with E-state index >= 15 is 0 Å². The molecule has 1 atom stereocenters. The van der Waals surface area contributed by atoms with Gasteiger partial charge in [0.05, 0.1) is 29.2 Å². The molecule has 1 aliphatic rings. The molecule has 37 heavy (non-hydrogen) atoms. The molecule has 0 saturated heterocycles. The molecule has 0 unspecified atom stereocenters. The highest BCUT2D eigenvalue weighted by Gasteiger charge is 2.24. The number of fused-ring (bicyclic) bond motifs is 2.